The van der Waals surface area contributed by atoms with Crippen LogP contribution in [0.2, 0.25) is 0 Å². The second-order valence-electron chi connectivity index (χ2n) is 4.76. The van der Waals surface area contributed by atoms with Crippen molar-refractivity contribution in [2.75, 3.05) is 24.8 Å². The number of hydrogen-bond acceptors (Lipinski definition) is 4. The van der Waals surface area contributed by atoms with E-state index in [9.17, 15) is 4.79 Å². The second-order valence-corrected chi connectivity index (χ2v) is 5.64. The number of rotatable bonds is 8. The van der Waals surface area contributed by atoms with Crippen LogP contribution in [0.4, 0.5) is 5.69 Å². The molecule has 2 aromatic carbocycles. The molecule has 2 rings (SSSR count). The van der Waals surface area contributed by atoms with Crippen molar-refractivity contribution in [1.29, 1.82) is 0 Å². The predicted molar refractivity (Wildman–Crippen MR) is 94.6 cm³/mol. The van der Waals surface area contributed by atoms with E-state index in [-0.39, 0.29) is 12.3 Å². The van der Waals surface area contributed by atoms with E-state index in [0.717, 1.165) is 10.6 Å². The zero-order chi connectivity index (χ0) is 16.5. The van der Waals surface area contributed by atoms with Gasteiger partial charge in [0.1, 0.15) is 0 Å². The summed E-state index contributed by atoms with van der Waals surface area (Å²) in [7, 11) is 0. The number of amides is 1. The summed E-state index contributed by atoms with van der Waals surface area (Å²) in [6, 6.07) is 15.2. The minimum Gasteiger partial charge on any atom is -0.490 e. The molecule has 0 saturated carbocycles. The van der Waals surface area contributed by atoms with Crippen LogP contribution in [0, 0.1) is 0 Å². The van der Waals surface area contributed by atoms with Crippen LogP contribution in [0.15, 0.2) is 53.4 Å². The number of benzene rings is 2. The zero-order valence-electron chi connectivity index (χ0n) is 13.4. The molecule has 5 heteroatoms. The molecule has 0 bridgehead atoms. The van der Waals surface area contributed by atoms with Crippen LogP contribution < -0.4 is 14.8 Å². The number of para-hydroxylation sites is 2. The number of carbonyl (C=O) groups is 1. The molecule has 0 unspecified atom stereocenters. The summed E-state index contributed by atoms with van der Waals surface area (Å²) in [6.45, 7) is 2.80. The van der Waals surface area contributed by atoms with Crippen molar-refractivity contribution in [2.45, 2.75) is 18.2 Å². The highest BCUT2D eigenvalue weighted by Gasteiger charge is 2.06. The third-order valence-electron chi connectivity index (χ3n) is 3.09. The summed E-state index contributed by atoms with van der Waals surface area (Å²) in [4.78, 5) is 13.1. The van der Waals surface area contributed by atoms with Crippen molar-refractivity contribution in [2.24, 2.45) is 0 Å². The van der Waals surface area contributed by atoms with Crippen LogP contribution in [0.3, 0.4) is 0 Å². The number of carbonyl (C=O) groups excluding carboxylic acids is 1. The van der Waals surface area contributed by atoms with E-state index in [2.05, 4.69) is 5.32 Å². The molecule has 0 aliphatic heterocycles. The van der Waals surface area contributed by atoms with Gasteiger partial charge in [0.05, 0.1) is 19.6 Å². The Labute approximate surface area is 141 Å². The summed E-state index contributed by atoms with van der Waals surface area (Å²) >= 11 is 1.64. The van der Waals surface area contributed by atoms with E-state index in [1.807, 2.05) is 61.7 Å². The van der Waals surface area contributed by atoms with E-state index < -0.39 is 0 Å². The monoisotopic (exact) mass is 331 g/mol. The van der Waals surface area contributed by atoms with Gasteiger partial charge < -0.3 is 14.8 Å². The van der Waals surface area contributed by atoms with Crippen LogP contribution in [0.25, 0.3) is 0 Å². The lowest BCUT2D eigenvalue weighted by atomic mass is 10.3. The molecule has 0 heterocycles. The first-order valence-electron chi connectivity index (χ1n) is 7.51. The van der Waals surface area contributed by atoms with Gasteiger partial charge in [0.25, 0.3) is 0 Å². The molecule has 122 valence electrons. The molecule has 4 nitrogen and oxygen atoms in total. The SMILES string of the molecule is CCOc1ccccc1OCCC(=O)Nc1cccc(SC)c1. The molecule has 1 amide bonds. The van der Waals surface area contributed by atoms with Gasteiger partial charge in [-0.05, 0) is 43.5 Å². The molecule has 0 spiro atoms. The molecule has 2 aromatic rings. The number of ether oxygens (including phenoxy) is 2. The number of thioether (sulfide) groups is 1. The highest BCUT2D eigenvalue weighted by atomic mass is 32.2. The average Bonchev–Trinajstić information content (AvgIpc) is 2.57. The Morgan fingerprint density at radius 2 is 1.83 bits per heavy atom. The lowest BCUT2D eigenvalue weighted by Crippen LogP contribution is -2.15. The van der Waals surface area contributed by atoms with Crippen molar-refractivity contribution < 1.29 is 14.3 Å². The lowest BCUT2D eigenvalue weighted by molar-refractivity contribution is -0.116. The molecule has 0 aromatic heterocycles. The van der Waals surface area contributed by atoms with Crippen LogP contribution in [-0.4, -0.2) is 25.4 Å². The number of anilines is 1. The third-order valence-corrected chi connectivity index (χ3v) is 3.81. The summed E-state index contributed by atoms with van der Waals surface area (Å²) in [5.74, 6) is 1.28. The Bertz CT molecular complexity index is 646. The fraction of sp³-hybridized carbons (Fsp3) is 0.278. The molecule has 0 aliphatic rings. The average molecular weight is 331 g/mol. The Morgan fingerprint density at radius 3 is 2.52 bits per heavy atom. The van der Waals surface area contributed by atoms with Gasteiger partial charge in [-0.2, -0.15) is 0 Å². The van der Waals surface area contributed by atoms with E-state index in [0.29, 0.717) is 24.7 Å². The number of nitrogens with one attached hydrogen (secondary N) is 1. The fourth-order valence-corrected chi connectivity index (χ4v) is 2.48. The molecular formula is C18H21NO3S. The molecule has 0 saturated heterocycles. The Morgan fingerprint density at radius 1 is 1.09 bits per heavy atom. The summed E-state index contributed by atoms with van der Waals surface area (Å²) in [6.07, 6.45) is 2.29. The topological polar surface area (TPSA) is 47.6 Å². The van der Waals surface area contributed by atoms with Gasteiger partial charge >= 0.3 is 0 Å². The van der Waals surface area contributed by atoms with Crippen molar-refractivity contribution in [3.63, 3.8) is 0 Å². The van der Waals surface area contributed by atoms with Crippen molar-refractivity contribution in [1.82, 2.24) is 0 Å². The second kappa shape index (κ2) is 9.10. The van der Waals surface area contributed by atoms with Crippen LogP contribution in [-0.2, 0) is 4.79 Å². The fourth-order valence-electron chi connectivity index (χ4n) is 2.02. The predicted octanol–water partition coefficient (Wildman–Crippen LogP) is 4.21. The minimum atomic E-state index is -0.0721. The highest BCUT2D eigenvalue weighted by molar-refractivity contribution is 7.98. The van der Waals surface area contributed by atoms with Gasteiger partial charge in [0.15, 0.2) is 11.5 Å². The smallest absolute Gasteiger partial charge is 0.227 e. The largest absolute Gasteiger partial charge is 0.490 e. The maximum Gasteiger partial charge on any atom is 0.227 e. The molecular weight excluding hydrogens is 310 g/mol. The summed E-state index contributed by atoms with van der Waals surface area (Å²) in [5, 5.41) is 2.88. The Kier molecular flexibility index (Phi) is 6.81. The first-order valence-corrected chi connectivity index (χ1v) is 8.74. The molecule has 0 fully saturated rings. The van der Waals surface area contributed by atoms with Gasteiger partial charge in [0, 0.05) is 10.6 Å². The zero-order valence-corrected chi connectivity index (χ0v) is 14.2. The third kappa shape index (κ3) is 5.53. The lowest BCUT2D eigenvalue weighted by Gasteiger charge is -2.11. The van der Waals surface area contributed by atoms with E-state index in [4.69, 9.17) is 9.47 Å². The minimum absolute atomic E-state index is 0.0721. The first-order chi connectivity index (χ1) is 11.2. The van der Waals surface area contributed by atoms with Gasteiger partial charge in [-0.25, -0.2) is 0 Å². The first kappa shape index (κ1) is 17.2. The van der Waals surface area contributed by atoms with E-state index >= 15 is 0 Å². The molecule has 1 N–H and O–H groups in total. The van der Waals surface area contributed by atoms with Crippen LogP contribution >= 0.6 is 11.8 Å². The van der Waals surface area contributed by atoms with Gasteiger partial charge in [-0.1, -0.05) is 18.2 Å². The molecule has 0 radical (unpaired) electrons. The van der Waals surface area contributed by atoms with Gasteiger partial charge in [-0.3, -0.25) is 4.79 Å². The standard InChI is InChI=1S/C18H21NO3S/c1-3-21-16-9-4-5-10-17(16)22-12-11-18(20)19-14-7-6-8-15(13-14)23-2/h4-10,13H,3,11-12H2,1-2H3,(H,19,20). The van der Waals surface area contributed by atoms with Crippen LogP contribution in [0.1, 0.15) is 13.3 Å². The van der Waals surface area contributed by atoms with E-state index in [1.54, 1.807) is 11.8 Å². The normalized spacial score (nSPS) is 10.2. The molecule has 23 heavy (non-hydrogen) atoms. The van der Waals surface area contributed by atoms with Crippen molar-refractivity contribution in [3.8, 4) is 11.5 Å². The van der Waals surface area contributed by atoms with Gasteiger partial charge in [0.2, 0.25) is 5.91 Å². The van der Waals surface area contributed by atoms with Crippen molar-refractivity contribution in [3.05, 3.63) is 48.5 Å². The number of hydrogen-bond donors (Lipinski definition) is 1. The van der Waals surface area contributed by atoms with E-state index in [1.165, 1.54) is 0 Å². The summed E-state index contributed by atoms with van der Waals surface area (Å²) < 4.78 is 11.1. The maximum absolute atomic E-state index is 12.0. The van der Waals surface area contributed by atoms with Crippen molar-refractivity contribution >= 4 is 23.4 Å². The highest BCUT2D eigenvalue weighted by Crippen LogP contribution is 2.26. The van der Waals surface area contributed by atoms with Gasteiger partial charge in [-0.15, -0.1) is 11.8 Å². The summed E-state index contributed by atoms with van der Waals surface area (Å²) in [5.41, 5.74) is 0.802. The van der Waals surface area contributed by atoms with Crippen LogP contribution in [0.5, 0.6) is 11.5 Å². The molecule has 0 aliphatic carbocycles. The Hall–Kier alpha value is -2.14. The Balaban J connectivity index is 1.83. The molecule has 0 atom stereocenters. The maximum atomic E-state index is 12.0. The quantitative estimate of drug-likeness (QED) is 0.736.